The Bertz CT molecular complexity index is 534. The molecule has 1 heterocycles. The van der Waals surface area contributed by atoms with Crippen LogP contribution < -0.4 is 10.5 Å². The summed E-state index contributed by atoms with van der Waals surface area (Å²) < 4.78 is 5.38. The molecule has 0 bridgehead atoms. The Morgan fingerprint density at radius 3 is 2.76 bits per heavy atom. The van der Waals surface area contributed by atoms with E-state index in [1.807, 2.05) is 31.2 Å². The Kier molecular flexibility index (Phi) is 3.44. The van der Waals surface area contributed by atoms with Crippen LogP contribution in [0.5, 0.6) is 5.75 Å². The molecule has 1 aromatic heterocycles. The molecule has 0 aliphatic carbocycles. The van der Waals surface area contributed by atoms with Crippen molar-refractivity contribution in [3.8, 4) is 16.2 Å². The minimum Gasteiger partial charge on any atom is -0.492 e. The fourth-order valence-electron chi connectivity index (χ4n) is 1.56. The van der Waals surface area contributed by atoms with Crippen molar-refractivity contribution in [2.45, 2.75) is 6.92 Å². The van der Waals surface area contributed by atoms with Crippen LogP contribution in [0.25, 0.3) is 10.4 Å². The lowest BCUT2D eigenvalue weighted by Gasteiger charge is -2.07. The van der Waals surface area contributed by atoms with Crippen LogP contribution in [0, 0.1) is 0 Å². The van der Waals surface area contributed by atoms with E-state index in [4.69, 9.17) is 10.5 Å². The number of aldehydes is 1. The van der Waals surface area contributed by atoms with Gasteiger partial charge in [-0.25, -0.2) is 0 Å². The Balaban J connectivity index is 2.33. The van der Waals surface area contributed by atoms with Crippen LogP contribution in [-0.2, 0) is 0 Å². The molecule has 2 rings (SSSR count). The molecule has 0 amide bonds. The van der Waals surface area contributed by atoms with Crippen LogP contribution in [0.3, 0.4) is 0 Å². The van der Waals surface area contributed by atoms with Crippen molar-refractivity contribution >= 4 is 23.3 Å². The maximum absolute atomic E-state index is 10.6. The highest BCUT2D eigenvalue weighted by atomic mass is 32.1. The van der Waals surface area contributed by atoms with Gasteiger partial charge in [0.1, 0.15) is 5.75 Å². The third-order valence-electron chi connectivity index (χ3n) is 2.34. The number of ether oxygens (including phenoxy) is 1. The number of thiophene rings is 1. The molecule has 3 nitrogen and oxygen atoms in total. The van der Waals surface area contributed by atoms with Crippen molar-refractivity contribution in [3.05, 3.63) is 35.2 Å². The summed E-state index contributed by atoms with van der Waals surface area (Å²) in [5, 5.41) is 0. The van der Waals surface area contributed by atoms with Gasteiger partial charge >= 0.3 is 0 Å². The molecule has 0 radical (unpaired) electrons. The van der Waals surface area contributed by atoms with Gasteiger partial charge in [0.05, 0.1) is 17.2 Å². The van der Waals surface area contributed by atoms with E-state index in [-0.39, 0.29) is 0 Å². The van der Waals surface area contributed by atoms with Gasteiger partial charge in [-0.3, -0.25) is 4.79 Å². The average molecular weight is 247 g/mol. The van der Waals surface area contributed by atoms with Crippen LogP contribution in [-0.4, -0.2) is 12.9 Å². The van der Waals surface area contributed by atoms with E-state index in [0.717, 1.165) is 16.7 Å². The maximum Gasteiger partial charge on any atom is 0.160 e. The smallest absolute Gasteiger partial charge is 0.160 e. The maximum atomic E-state index is 10.6. The van der Waals surface area contributed by atoms with E-state index in [1.165, 1.54) is 11.3 Å². The molecule has 2 aromatic rings. The predicted octanol–water partition coefficient (Wildman–Crippen LogP) is 3.21. The Hall–Kier alpha value is -1.81. The summed E-state index contributed by atoms with van der Waals surface area (Å²) >= 11 is 1.45. The quantitative estimate of drug-likeness (QED) is 0.666. The molecular formula is C13H13NO2S. The van der Waals surface area contributed by atoms with Gasteiger partial charge in [-0.2, -0.15) is 0 Å². The first-order valence-corrected chi connectivity index (χ1v) is 6.14. The summed E-state index contributed by atoms with van der Waals surface area (Å²) in [7, 11) is 0. The normalized spacial score (nSPS) is 10.2. The molecule has 0 saturated heterocycles. The van der Waals surface area contributed by atoms with Gasteiger partial charge in [0.15, 0.2) is 6.29 Å². The highest BCUT2D eigenvalue weighted by Crippen LogP contribution is 2.32. The Morgan fingerprint density at radius 1 is 1.35 bits per heavy atom. The highest BCUT2D eigenvalue weighted by Gasteiger charge is 2.05. The molecule has 4 heteroatoms. The summed E-state index contributed by atoms with van der Waals surface area (Å²) in [6.07, 6.45) is 0.853. The molecule has 17 heavy (non-hydrogen) atoms. The number of nitrogens with two attached hydrogens (primary N) is 1. The summed E-state index contributed by atoms with van der Waals surface area (Å²) in [5.74, 6) is 0.698. The summed E-state index contributed by atoms with van der Waals surface area (Å²) in [6.45, 7) is 2.51. The molecule has 88 valence electrons. The minimum atomic E-state index is 0.595. The number of nitrogen functional groups attached to an aromatic ring is 1. The van der Waals surface area contributed by atoms with E-state index >= 15 is 0 Å². The molecule has 0 unspecified atom stereocenters. The molecule has 0 aliphatic rings. The Labute approximate surface area is 104 Å². The second kappa shape index (κ2) is 5.01. The van der Waals surface area contributed by atoms with Crippen LogP contribution in [0.2, 0.25) is 0 Å². The van der Waals surface area contributed by atoms with E-state index in [0.29, 0.717) is 22.9 Å². The minimum absolute atomic E-state index is 0.595. The van der Waals surface area contributed by atoms with Gasteiger partial charge in [-0.15, -0.1) is 11.3 Å². The van der Waals surface area contributed by atoms with Crippen LogP contribution in [0.15, 0.2) is 30.3 Å². The van der Waals surface area contributed by atoms with Gasteiger partial charge in [0.2, 0.25) is 0 Å². The van der Waals surface area contributed by atoms with Crippen molar-refractivity contribution in [1.29, 1.82) is 0 Å². The van der Waals surface area contributed by atoms with Gasteiger partial charge in [0.25, 0.3) is 0 Å². The van der Waals surface area contributed by atoms with Crippen molar-refractivity contribution in [3.63, 3.8) is 0 Å². The monoisotopic (exact) mass is 247 g/mol. The SMILES string of the molecule is CCOc1ccc(-c2ccc(C=O)s2)cc1N. The number of hydrogen-bond donors (Lipinski definition) is 1. The first-order chi connectivity index (χ1) is 8.24. The lowest BCUT2D eigenvalue weighted by Crippen LogP contribution is -1.96. The van der Waals surface area contributed by atoms with E-state index in [9.17, 15) is 4.79 Å². The largest absolute Gasteiger partial charge is 0.492 e. The lowest BCUT2D eigenvalue weighted by atomic mass is 10.1. The summed E-state index contributed by atoms with van der Waals surface area (Å²) in [6, 6.07) is 9.39. The van der Waals surface area contributed by atoms with E-state index in [1.54, 1.807) is 6.07 Å². The number of anilines is 1. The fourth-order valence-corrected chi connectivity index (χ4v) is 2.38. The first-order valence-electron chi connectivity index (χ1n) is 5.32. The van der Waals surface area contributed by atoms with Crippen LogP contribution >= 0.6 is 11.3 Å². The fraction of sp³-hybridized carbons (Fsp3) is 0.154. The summed E-state index contributed by atoms with van der Waals surface area (Å²) in [5.41, 5.74) is 7.51. The molecule has 2 N–H and O–H groups in total. The number of hydrogen-bond acceptors (Lipinski definition) is 4. The average Bonchev–Trinajstić information content (AvgIpc) is 2.80. The van der Waals surface area contributed by atoms with E-state index < -0.39 is 0 Å². The van der Waals surface area contributed by atoms with Gasteiger partial charge in [-0.1, -0.05) is 0 Å². The predicted molar refractivity (Wildman–Crippen MR) is 70.7 cm³/mol. The topological polar surface area (TPSA) is 52.3 Å². The molecule has 0 fully saturated rings. The van der Waals surface area contributed by atoms with Crippen molar-refractivity contribution in [2.75, 3.05) is 12.3 Å². The zero-order valence-corrected chi connectivity index (χ0v) is 10.3. The number of rotatable bonds is 4. The first kappa shape index (κ1) is 11.7. The Morgan fingerprint density at radius 2 is 2.18 bits per heavy atom. The molecule has 0 aliphatic heterocycles. The van der Waals surface area contributed by atoms with Gasteiger partial charge < -0.3 is 10.5 Å². The zero-order chi connectivity index (χ0) is 12.3. The molecule has 0 saturated carbocycles. The number of benzene rings is 1. The molecule has 0 spiro atoms. The van der Waals surface area contributed by atoms with Gasteiger partial charge in [-0.05, 0) is 42.8 Å². The third kappa shape index (κ3) is 2.47. The van der Waals surface area contributed by atoms with Gasteiger partial charge in [0, 0.05) is 4.88 Å². The highest BCUT2D eigenvalue weighted by molar-refractivity contribution is 7.17. The second-order valence-electron chi connectivity index (χ2n) is 3.51. The zero-order valence-electron chi connectivity index (χ0n) is 9.47. The van der Waals surface area contributed by atoms with Crippen molar-refractivity contribution in [2.24, 2.45) is 0 Å². The standard InChI is InChI=1S/C13H13NO2S/c1-2-16-12-5-3-9(7-11(12)14)13-6-4-10(8-15)17-13/h3-8H,2,14H2,1H3. The molecule has 1 aromatic carbocycles. The van der Waals surface area contributed by atoms with Crippen LogP contribution in [0.1, 0.15) is 16.6 Å². The van der Waals surface area contributed by atoms with Crippen LogP contribution in [0.4, 0.5) is 5.69 Å². The summed E-state index contributed by atoms with van der Waals surface area (Å²) in [4.78, 5) is 12.4. The third-order valence-corrected chi connectivity index (χ3v) is 3.40. The molecular weight excluding hydrogens is 234 g/mol. The lowest BCUT2D eigenvalue weighted by molar-refractivity contribution is 0.112. The number of carbonyl (C=O) groups is 1. The van der Waals surface area contributed by atoms with Crippen molar-refractivity contribution < 1.29 is 9.53 Å². The molecule has 0 atom stereocenters. The second-order valence-corrected chi connectivity index (χ2v) is 4.62. The van der Waals surface area contributed by atoms with E-state index in [2.05, 4.69) is 0 Å². The number of carbonyl (C=O) groups excluding carboxylic acids is 1. The van der Waals surface area contributed by atoms with Crippen molar-refractivity contribution in [1.82, 2.24) is 0 Å².